The largest absolute Gasteiger partial charge is 0.301 e. The third-order valence-corrected chi connectivity index (χ3v) is 6.14. The molecule has 1 N–H and O–H groups in total. The van der Waals surface area contributed by atoms with E-state index in [9.17, 15) is 4.79 Å². The van der Waals surface area contributed by atoms with Gasteiger partial charge >= 0.3 is 0 Å². The van der Waals surface area contributed by atoms with Gasteiger partial charge in [0.1, 0.15) is 0 Å². The molecule has 4 aromatic rings. The molecule has 29 heavy (non-hydrogen) atoms. The van der Waals surface area contributed by atoms with E-state index in [1.54, 1.807) is 12.1 Å². The molecule has 0 aliphatic carbocycles. The van der Waals surface area contributed by atoms with Gasteiger partial charge in [0.2, 0.25) is 5.91 Å². The summed E-state index contributed by atoms with van der Waals surface area (Å²) in [5.74, 6) is 0.730. The summed E-state index contributed by atoms with van der Waals surface area (Å²) in [6.07, 6.45) is 1.77. The zero-order valence-corrected chi connectivity index (χ0v) is 17.6. The van der Waals surface area contributed by atoms with E-state index in [-0.39, 0.29) is 11.7 Å². The van der Waals surface area contributed by atoms with Crippen LogP contribution in [-0.2, 0) is 11.3 Å². The second-order valence-electron chi connectivity index (χ2n) is 6.04. The van der Waals surface area contributed by atoms with E-state index in [0.29, 0.717) is 27.7 Å². The molecule has 2 aromatic heterocycles. The van der Waals surface area contributed by atoms with Crippen molar-refractivity contribution >= 4 is 56.0 Å². The van der Waals surface area contributed by atoms with Gasteiger partial charge in [-0.25, -0.2) is 4.98 Å². The number of thioether (sulfide) groups is 1. The van der Waals surface area contributed by atoms with Gasteiger partial charge in [0.05, 0.1) is 16.0 Å². The number of amides is 1. The molecule has 9 heteroatoms. The van der Waals surface area contributed by atoms with Gasteiger partial charge in [-0.05, 0) is 24.3 Å². The average molecular weight is 442 g/mol. The molecule has 146 valence electrons. The SMILES string of the molecule is C=CCn1c(SCC(=O)Nc2nc3ccccc3s2)nnc1-c1cccc(Cl)c1. The Hall–Kier alpha value is -2.68. The maximum atomic E-state index is 12.4. The Labute approximate surface area is 180 Å². The number of thiazole rings is 1. The third-order valence-electron chi connectivity index (χ3n) is 3.98. The lowest BCUT2D eigenvalue weighted by molar-refractivity contribution is -0.113. The maximum Gasteiger partial charge on any atom is 0.236 e. The molecule has 0 aliphatic rings. The minimum atomic E-state index is -0.147. The van der Waals surface area contributed by atoms with Gasteiger partial charge in [-0.15, -0.1) is 16.8 Å². The van der Waals surface area contributed by atoms with Crippen LogP contribution in [0.25, 0.3) is 21.6 Å². The fraction of sp³-hybridized carbons (Fsp3) is 0.100. The molecular formula is C20H16ClN5OS2. The first-order valence-electron chi connectivity index (χ1n) is 8.72. The second-order valence-corrected chi connectivity index (χ2v) is 8.45. The monoisotopic (exact) mass is 441 g/mol. The molecule has 0 unspecified atom stereocenters. The number of rotatable bonds is 7. The zero-order chi connectivity index (χ0) is 20.2. The first-order chi connectivity index (χ1) is 14.1. The van der Waals surface area contributed by atoms with Gasteiger partial charge in [-0.3, -0.25) is 9.36 Å². The lowest BCUT2D eigenvalue weighted by atomic mass is 10.2. The molecule has 2 heterocycles. The molecule has 6 nitrogen and oxygen atoms in total. The number of halogens is 1. The van der Waals surface area contributed by atoms with Crippen molar-refractivity contribution in [2.24, 2.45) is 0 Å². The minimum absolute atomic E-state index is 0.147. The first-order valence-corrected chi connectivity index (χ1v) is 10.9. The van der Waals surface area contributed by atoms with Crippen LogP contribution in [0.1, 0.15) is 0 Å². The lowest BCUT2D eigenvalue weighted by Gasteiger charge is -2.08. The standard InChI is InChI=1S/C20H16ClN5OS2/c1-2-10-26-18(13-6-5-7-14(21)11-13)24-25-20(26)28-12-17(27)23-19-22-15-8-3-4-9-16(15)29-19/h2-9,11H,1,10,12H2,(H,22,23,27). The normalized spacial score (nSPS) is 10.9. The number of benzene rings is 2. The number of anilines is 1. The molecule has 1 amide bonds. The summed E-state index contributed by atoms with van der Waals surface area (Å²) < 4.78 is 2.95. The minimum Gasteiger partial charge on any atom is -0.301 e. The van der Waals surface area contributed by atoms with Gasteiger partial charge in [0.25, 0.3) is 0 Å². The van der Waals surface area contributed by atoms with Crippen molar-refractivity contribution in [3.8, 4) is 11.4 Å². The molecule has 0 radical (unpaired) electrons. The van der Waals surface area contributed by atoms with E-state index in [1.165, 1.54) is 23.1 Å². The number of carbonyl (C=O) groups excluding carboxylic acids is 1. The van der Waals surface area contributed by atoms with Crippen LogP contribution in [0.4, 0.5) is 5.13 Å². The number of allylic oxidation sites excluding steroid dienone is 1. The van der Waals surface area contributed by atoms with E-state index in [1.807, 2.05) is 47.0 Å². The molecule has 2 aromatic carbocycles. The van der Waals surface area contributed by atoms with E-state index in [0.717, 1.165) is 15.8 Å². The van der Waals surface area contributed by atoms with E-state index in [4.69, 9.17) is 11.6 Å². The molecule has 0 aliphatic heterocycles. The van der Waals surface area contributed by atoms with Crippen molar-refractivity contribution < 1.29 is 4.79 Å². The number of hydrogen-bond acceptors (Lipinski definition) is 6. The van der Waals surface area contributed by atoms with Crippen LogP contribution in [0.3, 0.4) is 0 Å². The molecule has 0 saturated carbocycles. The Bertz CT molecular complexity index is 1150. The summed E-state index contributed by atoms with van der Waals surface area (Å²) in [5, 5.41) is 13.2. The number of para-hydroxylation sites is 1. The predicted octanol–water partition coefficient (Wildman–Crippen LogP) is 5.13. The van der Waals surface area contributed by atoms with Crippen LogP contribution in [-0.4, -0.2) is 31.4 Å². The summed E-state index contributed by atoms with van der Waals surface area (Å²) >= 11 is 8.86. The number of hydrogen-bond donors (Lipinski definition) is 1. The Kier molecular flexibility index (Phi) is 5.94. The predicted molar refractivity (Wildman–Crippen MR) is 120 cm³/mol. The molecule has 0 saturated heterocycles. The molecule has 4 rings (SSSR count). The zero-order valence-electron chi connectivity index (χ0n) is 15.2. The van der Waals surface area contributed by atoms with Gasteiger partial charge in [-0.2, -0.15) is 0 Å². The number of carbonyl (C=O) groups is 1. The number of nitrogens with zero attached hydrogens (tertiary/aromatic N) is 4. The van der Waals surface area contributed by atoms with Gasteiger partial charge in [0.15, 0.2) is 16.1 Å². The van der Waals surface area contributed by atoms with Crippen molar-refractivity contribution in [3.63, 3.8) is 0 Å². The van der Waals surface area contributed by atoms with Gasteiger partial charge < -0.3 is 5.32 Å². The van der Waals surface area contributed by atoms with Crippen LogP contribution in [0.2, 0.25) is 5.02 Å². The van der Waals surface area contributed by atoms with E-state index >= 15 is 0 Å². The van der Waals surface area contributed by atoms with E-state index < -0.39 is 0 Å². The maximum absolute atomic E-state index is 12.4. The Morgan fingerprint density at radius 2 is 2.10 bits per heavy atom. The fourth-order valence-electron chi connectivity index (χ4n) is 2.74. The van der Waals surface area contributed by atoms with Crippen molar-refractivity contribution in [1.82, 2.24) is 19.7 Å². The highest BCUT2D eigenvalue weighted by Crippen LogP contribution is 2.27. The van der Waals surface area contributed by atoms with Crippen molar-refractivity contribution in [3.05, 3.63) is 66.2 Å². The van der Waals surface area contributed by atoms with Crippen molar-refractivity contribution in [2.45, 2.75) is 11.7 Å². The van der Waals surface area contributed by atoms with Gasteiger partial charge in [0, 0.05) is 17.1 Å². The van der Waals surface area contributed by atoms with Crippen LogP contribution in [0, 0.1) is 0 Å². The quantitative estimate of drug-likeness (QED) is 0.318. The molecular weight excluding hydrogens is 426 g/mol. The van der Waals surface area contributed by atoms with Crippen LogP contribution < -0.4 is 5.32 Å². The molecule has 0 bridgehead atoms. The first kappa shape index (κ1) is 19.6. The molecule has 0 spiro atoms. The highest BCUT2D eigenvalue weighted by molar-refractivity contribution is 7.99. The van der Waals surface area contributed by atoms with Crippen molar-refractivity contribution in [2.75, 3.05) is 11.1 Å². The smallest absolute Gasteiger partial charge is 0.236 e. The van der Waals surface area contributed by atoms with Crippen molar-refractivity contribution in [1.29, 1.82) is 0 Å². The van der Waals surface area contributed by atoms with E-state index in [2.05, 4.69) is 27.1 Å². The highest BCUT2D eigenvalue weighted by atomic mass is 35.5. The van der Waals surface area contributed by atoms with Crippen LogP contribution in [0.5, 0.6) is 0 Å². The highest BCUT2D eigenvalue weighted by Gasteiger charge is 2.16. The third kappa shape index (κ3) is 4.50. The average Bonchev–Trinajstić information content (AvgIpc) is 3.30. The summed E-state index contributed by atoms with van der Waals surface area (Å²) in [6.45, 7) is 4.33. The summed E-state index contributed by atoms with van der Waals surface area (Å²) in [5.41, 5.74) is 1.73. The Morgan fingerprint density at radius 1 is 1.24 bits per heavy atom. The van der Waals surface area contributed by atoms with Gasteiger partial charge in [-0.1, -0.05) is 65.0 Å². The number of fused-ring (bicyclic) bond motifs is 1. The Balaban J connectivity index is 1.47. The topological polar surface area (TPSA) is 72.7 Å². The number of nitrogens with one attached hydrogen (secondary N) is 1. The second kappa shape index (κ2) is 8.77. The van der Waals surface area contributed by atoms with Crippen LogP contribution >= 0.6 is 34.7 Å². The fourth-order valence-corrected chi connectivity index (χ4v) is 4.56. The van der Waals surface area contributed by atoms with Crippen LogP contribution in [0.15, 0.2) is 66.3 Å². The molecule has 0 atom stereocenters. The molecule has 0 fully saturated rings. The number of aromatic nitrogens is 4. The summed E-state index contributed by atoms with van der Waals surface area (Å²) in [6, 6.07) is 15.2. The summed E-state index contributed by atoms with van der Waals surface area (Å²) in [4.78, 5) is 16.8. The Morgan fingerprint density at radius 3 is 2.90 bits per heavy atom. The lowest BCUT2D eigenvalue weighted by Crippen LogP contribution is -2.14. The summed E-state index contributed by atoms with van der Waals surface area (Å²) in [7, 11) is 0.